The highest BCUT2D eigenvalue weighted by Gasteiger charge is 2.35. The Morgan fingerprint density at radius 1 is 1.14 bits per heavy atom. The predicted octanol–water partition coefficient (Wildman–Crippen LogP) is 4.17. The Hall–Kier alpha value is -2.93. The third-order valence-corrected chi connectivity index (χ3v) is 7.23. The van der Waals surface area contributed by atoms with Crippen molar-refractivity contribution in [2.75, 3.05) is 0 Å². The van der Waals surface area contributed by atoms with Crippen LogP contribution < -0.4 is 0 Å². The Morgan fingerprint density at radius 2 is 1.83 bits per heavy atom. The summed E-state index contributed by atoms with van der Waals surface area (Å²) >= 11 is 0. The summed E-state index contributed by atoms with van der Waals surface area (Å²) in [7, 11) is 3.53. The lowest BCUT2D eigenvalue weighted by Gasteiger charge is -2.28. The van der Waals surface area contributed by atoms with Gasteiger partial charge in [-0.1, -0.05) is 29.4 Å². The third-order valence-electron chi connectivity index (χ3n) is 7.23. The highest BCUT2D eigenvalue weighted by molar-refractivity contribution is 6.38. The van der Waals surface area contributed by atoms with Gasteiger partial charge in [0.25, 0.3) is 0 Å². The van der Waals surface area contributed by atoms with Crippen LogP contribution in [0.2, 0.25) is 0 Å². The molecule has 1 N–H and O–H groups in total. The second-order valence-corrected chi connectivity index (χ2v) is 10.4. The Bertz CT molecular complexity index is 1340. The molecular weight excluding hydrogens is 446 g/mol. The number of hydrogen-bond acceptors (Lipinski definition) is 4. The summed E-state index contributed by atoms with van der Waals surface area (Å²) in [5, 5.41) is 13.5. The molecule has 0 aliphatic heterocycles. The summed E-state index contributed by atoms with van der Waals surface area (Å²) in [6.45, 7) is 4.46. The van der Waals surface area contributed by atoms with E-state index in [1.165, 1.54) is 0 Å². The van der Waals surface area contributed by atoms with Crippen molar-refractivity contribution < 1.29 is 18.4 Å². The first-order valence-electron chi connectivity index (χ1n) is 12.1. The molecule has 0 saturated heterocycles. The number of fused-ring (bicyclic) bond motifs is 1. The molecule has 0 amide bonds. The van der Waals surface area contributed by atoms with Crippen molar-refractivity contribution in [1.29, 1.82) is 0 Å². The highest BCUT2D eigenvalue weighted by atomic mass is 19.3. The molecule has 0 radical (unpaired) electrons. The number of aromatic nitrogens is 3. The van der Waals surface area contributed by atoms with E-state index in [9.17, 15) is 13.9 Å². The molecule has 5 rings (SSSR count). The number of rotatable bonds is 5. The van der Waals surface area contributed by atoms with E-state index in [2.05, 4.69) is 22.0 Å². The Balaban J connectivity index is 1.58. The van der Waals surface area contributed by atoms with Crippen LogP contribution in [0.15, 0.2) is 47.2 Å². The summed E-state index contributed by atoms with van der Waals surface area (Å²) in [6, 6.07) is 9.95. The fourth-order valence-electron chi connectivity index (χ4n) is 5.18. The van der Waals surface area contributed by atoms with Gasteiger partial charge in [0.05, 0.1) is 16.7 Å². The molecule has 9 heteroatoms. The smallest absolute Gasteiger partial charge is 0.248 e. The third kappa shape index (κ3) is 4.66. The zero-order valence-electron chi connectivity index (χ0n) is 20.6. The minimum Gasteiger partial charge on any atom is -0.403 e. The minimum atomic E-state index is -2.54. The molecule has 1 saturated carbocycles. The number of hydrogen-bond donors (Lipinski definition) is 1. The van der Waals surface area contributed by atoms with E-state index < -0.39 is 11.3 Å². The van der Waals surface area contributed by atoms with Gasteiger partial charge in [-0.05, 0) is 49.8 Å². The van der Waals surface area contributed by atoms with Gasteiger partial charge in [0.2, 0.25) is 5.92 Å². The molecule has 0 bridgehead atoms. The van der Waals surface area contributed by atoms with Gasteiger partial charge in [0, 0.05) is 53.9 Å². The van der Waals surface area contributed by atoms with Crippen LogP contribution in [0, 0.1) is 19.8 Å². The summed E-state index contributed by atoms with van der Waals surface area (Å²) in [5.74, 6) is -1.61. The number of aliphatic hydroxyl groups is 1. The Morgan fingerprint density at radius 3 is 2.43 bits per heavy atom. The number of halogens is 2. The van der Waals surface area contributed by atoms with Crippen molar-refractivity contribution >= 4 is 26.7 Å². The molecule has 35 heavy (non-hydrogen) atoms. The molecule has 1 aromatic carbocycles. The molecule has 0 atom stereocenters. The van der Waals surface area contributed by atoms with Crippen LogP contribution in [0.1, 0.15) is 42.7 Å². The molecule has 0 spiro atoms. The molecule has 5 nitrogen and oxygen atoms in total. The Labute approximate surface area is 205 Å². The number of nitrogens with zero attached hydrogens (tertiary/aromatic N) is 3. The SMILES string of the molecule is BC(B)(O)c1ccc(-c2cn(CC3CCC(F)(F)CC3)c3cc(-c4c(C)noc4C)cnc23)cc1. The van der Waals surface area contributed by atoms with Gasteiger partial charge in [-0.15, -0.1) is 0 Å². The van der Waals surface area contributed by atoms with Gasteiger partial charge in [-0.25, -0.2) is 8.78 Å². The van der Waals surface area contributed by atoms with Crippen molar-refractivity contribution in [2.24, 2.45) is 5.92 Å². The maximum absolute atomic E-state index is 13.7. The van der Waals surface area contributed by atoms with E-state index in [0.29, 0.717) is 19.4 Å². The quantitative estimate of drug-likeness (QED) is 0.441. The molecule has 3 heterocycles. The lowest BCUT2D eigenvalue weighted by molar-refractivity contribution is -0.0472. The summed E-state index contributed by atoms with van der Waals surface area (Å²) < 4.78 is 35.0. The molecule has 1 aliphatic rings. The molecule has 0 unspecified atom stereocenters. The van der Waals surface area contributed by atoms with Crippen LogP contribution in [-0.2, 0) is 11.9 Å². The zero-order valence-corrected chi connectivity index (χ0v) is 20.6. The van der Waals surface area contributed by atoms with Crippen LogP contribution in [0.4, 0.5) is 8.78 Å². The van der Waals surface area contributed by atoms with Gasteiger partial charge in [0.15, 0.2) is 0 Å². The largest absolute Gasteiger partial charge is 0.403 e. The van der Waals surface area contributed by atoms with Gasteiger partial charge in [0.1, 0.15) is 21.5 Å². The Kier molecular flexibility index (Phi) is 5.86. The maximum Gasteiger partial charge on any atom is 0.248 e. The number of aryl methyl sites for hydroxylation is 2. The molecule has 4 aromatic rings. The molecule has 1 fully saturated rings. The van der Waals surface area contributed by atoms with Crippen molar-refractivity contribution in [2.45, 2.75) is 57.4 Å². The fourth-order valence-corrected chi connectivity index (χ4v) is 5.18. The van der Waals surface area contributed by atoms with Crippen LogP contribution in [0.3, 0.4) is 0 Å². The average molecular weight is 475 g/mol. The van der Waals surface area contributed by atoms with Crippen molar-refractivity contribution in [3.8, 4) is 22.3 Å². The molecular formula is C26H29B2F2N3O2. The summed E-state index contributed by atoms with van der Waals surface area (Å²) in [5.41, 5.74) is 7.29. The first-order valence-corrected chi connectivity index (χ1v) is 12.1. The first kappa shape index (κ1) is 23.8. The highest BCUT2D eigenvalue weighted by Crippen LogP contribution is 2.39. The van der Waals surface area contributed by atoms with E-state index in [4.69, 9.17) is 9.51 Å². The van der Waals surface area contributed by atoms with Crippen molar-refractivity contribution in [1.82, 2.24) is 14.7 Å². The van der Waals surface area contributed by atoms with E-state index >= 15 is 0 Å². The normalized spacial score (nSPS) is 16.7. The monoisotopic (exact) mass is 475 g/mol. The molecule has 3 aromatic heterocycles. The van der Waals surface area contributed by atoms with Gasteiger partial charge < -0.3 is 14.2 Å². The molecule has 1 aliphatic carbocycles. The van der Waals surface area contributed by atoms with E-state index in [1.807, 2.05) is 44.3 Å². The van der Waals surface area contributed by atoms with Gasteiger partial charge in [-0.2, -0.15) is 0 Å². The topological polar surface area (TPSA) is 64.1 Å². The van der Waals surface area contributed by atoms with E-state index in [0.717, 1.165) is 50.3 Å². The van der Waals surface area contributed by atoms with Crippen LogP contribution in [0.5, 0.6) is 0 Å². The average Bonchev–Trinajstić information content (AvgIpc) is 3.33. The summed E-state index contributed by atoms with van der Waals surface area (Å²) in [6.07, 6.45) is 4.85. The number of benzene rings is 1. The van der Waals surface area contributed by atoms with E-state index in [-0.39, 0.29) is 18.8 Å². The van der Waals surface area contributed by atoms with Crippen molar-refractivity contribution in [3.63, 3.8) is 0 Å². The molecule has 180 valence electrons. The number of alkyl halides is 2. The van der Waals surface area contributed by atoms with Crippen molar-refractivity contribution in [3.05, 3.63) is 59.7 Å². The second-order valence-electron chi connectivity index (χ2n) is 10.4. The predicted molar refractivity (Wildman–Crippen MR) is 138 cm³/mol. The van der Waals surface area contributed by atoms with E-state index in [1.54, 1.807) is 15.7 Å². The second kappa shape index (κ2) is 8.63. The van der Waals surface area contributed by atoms with Crippen LogP contribution >= 0.6 is 0 Å². The zero-order chi connectivity index (χ0) is 25.0. The first-order chi connectivity index (χ1) is 16.5. The van der Waals surface area contributed by atoms with Crippen LogP contribution in [0.25, 0.3) is 33.3 Å². The standard InChI is InChI=1S/C26H29B2F2N3O2/c1-15-23(16(2)35-32-15)19-11-22-24(31-12-19)21(18-3-5-20(6-4-18)26(27,28)34)14-33(22)13-17-7-9-25(29,30)10-8-17/h3-6,11-12,14,17,34H,7-10,13,27-28H2,1-2H3. The minimum absolute atomic E-state index is 0.0509. The number of pyridine rings is 1. The maximum atomic E-state index is 13.7. The lowest BCUT2D eigenvalue weighted by Crippen LogP contribution is -2.26. The summed E-state index contributed by atoms with van der Waals surface area (Å²) in [4.78, 5) is 4.84. The lowest BCUT2D eigenvalue weighted by atomic mass is 9.61. The fraction of sp³-hybridized carbons (Fsp3) is 0.385. The van der Waals surface area contributed by atoms with Gasteiger partial charge >= 0.3 is 0 Å². The van der Waals surface area contributed by atoms with Crippen LogP contribution in [-0.4, -0.2) is 41.4 Å². The van der Waals surface area contributed by atoms with Gasteiger partial charge in [-0.3, -0.25) is 4.98 Å².